The number of nitrogens with zero attached hydrogens (tertiary/aromatic N) is 2. The van der Waals surface area contributed by atoms with Crippen molar-refractivity contribution >= 4 is 46.9 Å². The molecular formula is C36H46ClN5O7. The number of amides is 4. The van der Waals surface area contributed by atoms with Gasteiger partial charge in [-0.1, -0.05) is 93.3 Å². The van der Waals surface area contributed by atoms with E-state index in [4.69, 9.17) is 21.2 Å². The van der Waals surface area contributed by atoms with Gasteiger partial charge in [-0.15, -0.1) is 0 Å². The first-order valence-electron chi connectivity index (χ1n) is 16.6. The summed E-state index contributed by atoms with van der Waals surface area (Å²) in [5.74, 6) is -2.68. The summed E-state index contributed by atoms with van der Waals surface area (Å²) in [4.78, 5) is 73.6. The van der Waals surface area contributed by atoms with Gasteiger partial charge in [-0.25, -0.2) is 4.79 Å². The SMILES string of the molecule is CCC[C@H](NC(=O)CN(C[C@]1(C)CC(c2cccc(Cl)c2)=NO1)C(=O)[C@@H](NC(=O)OCc1ccccc1)C(C)(C)C)C(=O)C(=O)NC1CC1. The molecule has 0 radical (unpaired) electrons. The van der Waals surface area contributed by atoms with Crippen LogP contribution in [0.1, 0.15) is 77.8 Å². The molecule has 1 heterocycles. The second-order valence-corrected chi connectivity index (χ2v) is 14.4. The molecule has 12 nitrogen and oxygen atoms in total. The fraction of sp³-hybridized carbons (Fsp3) is 0.500. The van der Waals surface area contributed by atoms with Gasteiger partial charge in [-0.3, -0.25) is 19.2 Å². The normalized spacial score (nSPS) is 18.3. The maximum absolute atomic E-state index is 14.4. The van der Waals surface area contributed by atoms with Crippen LogP contribution in [0.4, 0.5) is 4.79 Å². The lowest BCUT2D eigenvalue weighted by Crippen LogP contribution is -2.59. The second kappa shape index (κ2) is 16.3. The molecule has 0 aromatic heterocycles. The molecule has 2 aromatic carbocycles. The highest BCUT2D eigenvalue weighted by Crippen LogP contribution is 2.30. The van der Waals surface area contributed by atoms with Gasteiger partial charge >= 0.3 is 6.09 Å². The molecule has 0 spiro atoms. The summed E-state index contributed by atoms with van der Waals surface area (Å²) >= 11 is 6.20. The number of carbonyl (C=O) groups is 5. The van der Waals surface area contributed by atoms with Crippen molar-refractivity contribution in [3.63, 3.8) is 0 Å². The third-order valence-electron chi connectivity index (χ3n) is 8.20. The van der Waals surface area contributed by atoms with E-state index in [1.165, 1.54) is 4.90 Å². The molecular weight excluding hydrogens is 650 g/mol. The Kier molecular flexibility index (Phi) is 12.4. The van der Waals surface area contributed by atoms with Gasteiger partial charge in [0, 0.05) is 23.0 Å². The van der Waals surface area contributed by atoms with Gasteiger partial charge in [-0.05, 0) is 49.3 Å². The van der Waals surface area contributed by atoms with Gasteiger partial charge < -0.3 is 30.4 Å². The van der Waals surface area contributed by atoms with E-state index in [1.54, 1.807) is 45.9 Å². The predicted molar refractivity (Wildman–Crippen MR) is 185 cm³/mol. The molecule has 1 aliphatic heterocycles. The zero-order chi connectivity index (χ0) is 35.8. The van der Waals surface area contributed by atoms with Gasteiger partial charge in [0.1, 0.15) is 12.6 Å². The Labute approximate surface area is 292 Å². The average Bonchev–Trinajstić information content (AvgIpc) is 3.78. The second-order valence-electron chi connectivity index (χ2n) is 14.0. The molecule has 0 bridgehead atoms. The first-order valence-corrected chi connectivity index (χ1v) is 17.0. The van der Waals surface area contributed by atoms with Crippen LogP contribution in [0.5, 0.6) is 0 Å². The zero-order valence-electron chi connectivity index (χ0n) is 28.7. The van der Waals surface area contributed by atoms with Gasteiger partial charge in [-0.2, -0.15) is 0 Å². The molecule has 1 aliphatic carbocycles. The average molecular weight is 696 g/mol. The Balaban J connectivity index is 1.53. The lowest BCUT2D eigenvalue weighted by atomic mass is 9.85. The highest BCUT2D eigenvalue weighted by atomic mass is 35.5. The predicted octanol–water partition coefficient (Wildman–Crippen LogP) is 4.53. The van der Waals surface area contributed by atoms with Gasteiger partial charge in [0.25, 0.3) is 5.91 Å². The van der Waals surface area contributed by atoms with Crippen LogP contribution in [0.15, 0.2) is 59.8 Å². The molecule has 3 N–H and O–H groups in total. The number of nitrogens with one attached hydrogen (secondary N) is 3. The maximum atomic E-state index is 14.4. The number of carbonyl (C=O) groups excluding carboxylic acids is 5. The van der Waals surface area contributed by atoms with Crippen molar-refractivity contribution < 1.29 is 33.5 Å². The number of halogens is 1. The quantitative estimate of drug-likeness (QED) is 0.231. The number of hydrogen-bond acceptors (Lipinski definition) is 8. The summed E-state index contributed by atoms with van der Waals surface area (Å²) in [6.07, 6.45) is 1.90. The minimum Gasteiger partial charge on any atom is -0.445 e. The fourth-order valence-electron chi connectivity index (χ4n) is 5.43. The van der Waals surface area contributed by atoms with E-state index in [0.29, 0.717) is 23.6 Å². The first-order chi connectivity index (χ1) is 23.2. The molecule has 3 atom stereocenters. The van der Waals surface area contributed by atoms with Crippen LogP contribution < -0.4 is 16.0 Å². The van der Waals surface area contributed by atoms with Crippen LogP contribution in [0, 0.1) is 5.41 Å². The molecule has 264 valence electrons. The summed E-state index contributed by atoms with van der Waals surface area (Å²) in [6, 6.07) is 14.1. The Bertz CT molecular complexity index is 1560. The summed E-state index contributed by atoms with van der Waals surface area (Å²) in [7, 11) is 0. The van der Waals surface area contributed by atoms with Crippen molar-refractivity contribution in [3.05, 3.63) is 70.7 Å². The number of benzene rings is 2. The number of rotatable bonds is 15. The van der Waals surface area contributed by atoms with E-state index in [0.717, 1.165) is 24.0 Å². The number of hydrogen-bond donors (Lipinski definition) is 3. The number of ketones is 1. The van der Waals surface area contributed by atoms with Crippen LogP contribution in [-0.2, 0) is 35.4 Å². The monoisotopic (exact) mass is 695 g/mol. The van der Waals surface area contributed by atoms with Crippen LogP contribution >= 0.6 is 11.6 Å². The van der Waals surface area contributed by atoms with Crippen molar-refractivity contribution in [2.75, 3.05) is 13.1 Å². The highest BCUT2D eigenvalue weighted by Gasteiger charge is 2.43. The largest absolute Gasteiger partial charge is 0.445 e. The first kappa shape index (κ1) is 37.4. The number of ether oxygens (including phenoxy) is 1. The molecule has 2 aliphatic rings. The van der Waals surface area contributed by atoms with Crippen molar-refractivity contribution in [2.24, 2.45) is 10.6 Å². The van der Waals surface area contributed by atoms with E-state index in [9.17, 15) is 24.0 Å². The number of alkyl carbamates (subject to hydrolysis) is 1. The zero-order valence-corrected chi connectivity index (χ0v) is 29.5. The molecule has 0 saturated heterocycles. The van der Waals surface area contributed by atoms with Crippen LogP contribution in [0.2, 0.25) is 5.02 Å². The molecule has 1 saturated carbocycles. The molecule has 0 unspecified atom stereocenters. The van der Waals surface area contributed by atoms with Crippen molar-refractivity contribution in [1.29, 1.82) is 0 Å². The molecule has 4 rings (SSSR count). The minimum absolute atomic E-state index is 0.000541. The molecule has 1 fully saturated rings. The Hall–Kier alpha value is -4.45. The van der Waals surface area contributed by atoms with E-state index in [2.05, 4.69) is 21.1 Å². The van der Waals surface area contributed by atoms with E-state index in [1.807, 2.05) is 43.3 Å². The summed E-state index contributed by atoms with van der Waals surface area (Å²) in [6.45, 7) is 8.40. The number of Topliss-reactive ketones (excluding diaryl/α,β-unsaturated/α-hetero) is 1. The summed E-state index contributed by atoms with van der Waals surface area (Å²) in [5, 5.41) is 12.9. The lowest BCUT2D eigenvalue weighted by Gasteiger charge is -2.37. The van der Waals surface area contributed by atoms with E-state index < -0.39 is 59.2 Å². The van der Waals surface area contributed by atoms with E-state index >= 15 is 0 Å². The third-order valence-corrected chi connectivity index (χ3v) is 8.44. The smallest absolute Gasteiger partial charge is 0.408 e. The van der Waals surface area contributed by atoms with Crippen LogP contribution in [0.3, 0.4) is 0 Å². The Morgan fingerprint density at radius 3 is 2.41 bits per heavy atom. The van der Waals surface area contributed by atoms with Crippen molar-refractivity contribution in [1.82, 2.24) is 20.9 Å². The molecule has 4 amide bonds. The van der Waals surface area contributed by atoms with E-state index in [-0.39, 0.29) is 25.6 Å². The third kappa shape index (κ3) is 11.0. The fourth-order valence-corrected chi connectivity index (χ4v) is 5.62. The molecule has 13 heteroatoms. The van der Waals surface area contributed by atoms with Crippen molar-refractivity contribution in [3.8, 4) is 0 Å². The Morgan fingerprint density at radius 2 is 1.78 bits per heavy atom. The topological polar surface area (TPSA) is 156 Å². The summed E-state index contributed by atoms with van der Waals surface area (Å²) < 4.78 is 5.42. The number of oxime groups is 1. The van der Waals surface area contributed by atoms with Crippen LogP contribution in [0.25, 0.3) is 0 Å². The highest BCUT2D eigenvalue weighted by molar-refractivity contribution is 6.38. The van der Waals surface area contributed by atoms with Gasteiger partial charge in [0.2, 0.25) is 17.6 Å². The Morgan fingerprint density at radius 1 is 1.06 bits per heavy atom. The lowest BCUT2D eigenvalue weighted by molar-refractivity contribution is -0.145. The van der Waals surface area contributed by atoms with Crippen LogP contribution in [-0.4, -0.2) is 77.0 Å². The molecule has 49 heavy (non-hydrogen) atoms. The van der Waals surface area contributed by atoms with Gasteiger partial charge in [0.05, 0.1) is 24.8 Å². The standard InChI is InChI=1S/C36H46ClN5O7/c1-6-11-27(30(44)32(45)38-26-16-17-26)39-29(43)20-42(22-36(5)19-28(41-49-36)24-14-10-15-25(37)18-24)33(46)31(35(2,3)4)40-34(47)48-21-23-12-8-7-9-13-23/h7-10,12-15,18,26-27,31H,6,11,16-17,19-22H2,1-5H3,(H,38,45)(H,39,43)(H,40,47)/t27-,31+,36-/m0/s1. The maximum Gasteiger partial charge on any atom is 0.408 e. The molecule has 2 aromatic rings. The summed E-state index contributed by atoms with van der Waals surface area (Å²) in [5.41, 5.74) is 0.296. The van der Waals surface area contributed by atoms with Gasteiger partial charge in [0.15, 0.2) is 5.60 Å². The van der Waals surface area contributed by atoms with Crippen molar-refractivity contribution in [2.45, 2.75) is 97.1 Å². The minimum atomic E-state index is -1.11.